The monoisotopic (exact) mass is 219 g/mol. The van der Waals surface area contributed by atoms with Crippen molar-refractivity contribution in [3.63, 3.8) is 0 Å². The van der Waals surface area contributed by atoms with Crippen molar-refractivity contribution in [3.8, 4) is 0 Å². The van der Waals surface area contributed by atoms with Gasteiger partial charge in [0.1, 0.15) is 6.73 Å². The number of nitrogens with zero attached hydrogens (tertiary/aromatic N) is 1. The van der Waals surface area contributed by atoms with E-state index in [1.165, 1.54) is 5.56 Å². The van der Waals surface area contributed by atoms with Gasteiger partial charge in [0, 0.05) is 6.42 Å². The molecule has 0 saturated carbocycles. The molecule has 1 unspecified atom stereocenters. The van der Waals surface area contributed by atoms with Crippen molar-refractivity contribution in [2.75, 3.05) is 13.3 Å². The third-order valence-corrected chi connectivity index (χ3v) is 2.92. The van der Waals surface area contributed by atoms with Gasteiger partial charge in [0.15, 0.2) is 0 Å². The summed E-state index contributed by atoms with van der Waals surface area (Å²) in [6, 6.07) is 10.4. The molecule has 1 amide bonds. The fourth-order valence-electron chi connectivity index (χ4n) is 2.02. The van der Waals surface area contributed by atoms with Crippen LogP contribution in [-0.2, 0) is 16.0 Å². The molecular formula is C13H17NO2. The molecular weight excluding hydrogens is 202 g/mol. The van der Waals surface area contributed by atoms with Gasteiger partial charge in [-0.05, 0) is 12.0 Å². The van der Waals surface area contributed by atoms with E-state index in [-0.39, 0.29) is 11.9 Å². The highest BCUT2D eigenvalue weighted by molar-refractivity contribution is 5.76. The first-order valence-electron chi connectivity index (χ1n) is 5.72. The van der Waals surface area contributed by atoms with Crippen LogP contribution in [0.4, 0.5) is 0 Å². The van der Waals surface area contributed by atoms with Crippen molar-refractivity contribution in [1.29, 1.82) is 0 Å². The summed E-state index contributed by atoms with van der Waals surface area (Å²) in [5, 5.41) is 0. The van der Waals surface area contributed by atoms with Crippen LogP contribution in [0.3, 0.4) is 0 Å². The largest absolute Gasteiger partial charge is 0.359 e. The van der Waals surface area contributed by atoms with Crippen molar-refractivity contribution in [2.45, 2.75) is 25.8 Å². The first-order chi connectivity index (χ1) is 7.81. The molecule has 1 heterocycles. The topological polar surface area (TPSA) is 29.5 Å². The highest BCUT2D eigenvalue weighted by Gasteiger charge is 2.28. The molecule has 0 spiro atoms. The maximum Gasteiger partial charge on any atom is 0.224 e. The van der Waals surface area contributed by atoms with Crippen LogP contribution in [0.5, 0.6) is 0 Å². The van der Waals surface area contributed by atoms with Crippen LogP contribution in [0, 0.1) is 0 Å². The number of carbonyl (C=O) groups excluding carboxylic acids is 1. The number of hydrogen-bond acceptors (Lipinski definition) is 2. The van der Waals surface area contributed by atoms with Crippen LogP contribution >= 0.6 is 0 Å². The molecule has 86 valence electrons. The Bertz CT molecular complexity index is 350. The SMILES string of the molecule is CCC(=O)N1COCC1Cc1ccccc1. The van der Waals surface area contributed by atoms with Gasteiger partial charge < -0.3 is 9.64 Å². The summed E-state index contributed by atoms with van der Waals surface area (Å²) in [6.07, 6.45) is 1.43. The van der Waals surface area contributed by atoms with Crippen LogP contribution in [-0.4, -0.2) is 30.2 Å². The maximum absolute atomic E-state index is 11.7. The minimum atomic E-state index is 0.179. The van der Waals surface area contributed by atoms with Gasteiger partial charge in [0.25, 0.3) is 0 Å². The Kier molecular flexibility index (Phi) is 3.57. The Hall–Kier alpha value is -1.35. The molecule has 0 bridgehead atoms. The predicted molar refractivity (Wildman–Crippen MR) is 61.9 cm³/mol. The van der Waals surface area contributed by atoms with Gasteiger partial charge in [-0.25, -0.2) is 0 Å². The predicted octanol–water partition coefficient (Wildman–Crippen LogP) is 1.82. The number of ether oxygens (including phenoxy) is 1. The highest BCUT2D eigenvalue weighted by Crippen LogP contribution is 2.16. The Morgan fingerprint density at radius 1 is 1.44 bits per heavy atom. The lowest BCUT2D eigenvalue weighted by Crippen LogP contribution is -2.37. The average Bonchev–Trinajstić information content (AvgIpc) is 2.77. The van der Waals surface area contributed by atoms with Crippen LogP contribution in [0.2, 0.25) is 0 Å². The first kappa shape index (κ1) is 11.1. The Balaban J connectivity index is 2.01. The zero-order valence-corrected chi connectivity index (χ0v) is 9.56. The minimum Gasteiger partial charge on any atom is -0.359 e. The van der Waals surface area contributed by atoms with Gasteiger partial charge in [0.2, 0.25) is 5.91 Å². The molecule has 1 saturated heterocycles. The fraction of sp³-hybridized carbons (Fsp3) is 0.462. The molecule has 1 fully saturated rings. The van der Waals surface area contributed by atoms with E-state index >= 15 is 0 Å². The lowest BCUT2D eigenvalue weighted by molar-refractivity contribution is -0.132. The molecule has 0 N–H and O–H groups in total. The van der Waals surface area contributed by atoms with Crippen molar-refractivity contribution in [2.24, 2.45) is 0 Å². The van der Waals surface area contributed by atoms with E-state index in [1.807, 2.05) is 30.0 Å². The van der Waals surface area contributed by atoms with Crippen LogP contribution in [0.15, 0.2) is 30.3 Å². The number of amides is 1. The molecule has 3 nitrogen and oxygen atoms in total. The summed E-state index contributed by atoms with van der Waals surface area (Å²) in [5.41, 5.74) is 1.26. The summed E-state index contributed by atoms with van der Waals surface area (Å²) in [7, 11) is 0. The summed E-state index contributed by atoms with van der Waals surface area (Å²) >= 11 is 0. The van der Waals surface area contributed by atoms with Crippen LogP contribution in [0.1, 0.15) is 18.9 Å². The minimum absolute atomic E-state index is 0.179. The second-order valence-corrected chi connectivity index (χ2v) is 4.06. The quantitative estimate of drug-likeness (QED) is 0.776. The highest BCUT2D eigenvalue weighted by atomic mass is 16.5. The molecule has 16 heavy (non-hydrogen) atoms. The van der Waals surface area contributed by atoms with E-state index in [4.69, 9.17) is 4.74 Å². The third-order valence-electron chi connectivity index (χ3n) is 2.92. The molecule has 2 rings (SSSR count). The average molecular weight is 219 g/mol. The van der Waals surface area contributed by atoms with E-state index in [0.717, 1.165) is 6.42 Å². The zero-order valence-electron chi connectivity index (χ0n) is 9.56. The van der Waals surface area contributed by atoms with E-state index in [2.05, 4.69) is 12.1 Å². The standard InChI is InChI=1S/C13H17NO2/c1-2-13(15)14-10-16-9-12(14)8-11-6-4-3-5-7-11/h3-7,12H,2,8-10H2,1H3. The molecule has 3 heteroatoms. The van der Waals surface area contributed by atoms with E-state index in [1.54, 1.807) is 0 Å². The van der Waals surface area contributed by atoms with Gasteiger partial charge in [0.05, 0.1) is 12.6 Å². The van der Waals surface area contributed by atoms with Gasteiger partial charge in [-0.1, -0.05) is 37.3 Å². The number of rotatable bonds is 3. The summed E-state index contributed by atoms with van der Waals surface area (Å²) < 4.78 is 5.37. The molecule has 1 aliphatic heterocycles. The van der Waals surface area contributed by atoms with Gasteiger partial charge in [-0.3, -0.25) is 4.79 Å². The van der Waals surface area contributed by atoms with Crippen LogP contribution in [0.25, 0.3) is 0 Å². The molecule has 1 aromatic rings. The smallest absolute Gasteiger partial charge is 0.224 e. The van der Waals surface area contributed by atoms with Gasteiger partial charge in [-0.15, -0.1) is 0 Å². The molecule has 0 radical (unpaired) electrons. The van der Waals surface area contributed by atoms with Crippen molar-refractivity contribution in [1.82, 2.24) is 4.90 Å². The van der Waals surface area contributed by atoms with Crippen molar-refractivity contribution in [3.05, 3.63) is 35.9 Å². The Labute approximate surface area is 96.0 Å². The van der Waals surface area contributed by atoms with E-state index in [9.17, 15) is 4.79 Å². The van der Waals surface area contributed by atoms with Crippen LogP contribution < -0.4 is 0 Å². The molecule has 0 aliphatic carbocycles. The second kappa shape index (κ2) is 5.12. The van der Waals surface area contributed by atoms with E-state index in [0.29, 0.717) is 19.8 Å². The van der Waals surface area contributed by atoms with E-state index < -0.39 is 0 Å². The lowest BCUT2D eigenvalue weighted by Gasteiger charge is -2.21. The normalized spacial score (nSPS) is 20.1. The van der Waals surface area contributed by atoms with Gasteiger partial charge in [-0.2, -0.15) is 0 Å². The Morgan fingerprint density at radius 3 is 2.88 bits per heavy atom. The number of hydrogen-bond donors (Lipinski definition) is 0. The molecule has 1 aliphatic rings. The summed E-state index contributed by atoms with van der Waals surface area (Å²) in [5.74, 6) is 0.179. The fourth-order valence-corrected chi connectivity index (χ4v) is 2.02. The van der Waals surface area contributed by atoms with Gasteiger partial charge >= 0.3 is 0 Å². The number of carbonyl (C=O) groups is 1. The van der Waals surface area contributed by atoms with Crippen molar-refractivity contribution >= 4 is 5.91 Å². The lowest BCUT2D eigenvalue weighted by atomic mass is 10.1. The second-order valence-electron chi connectivity index (χ2n) is 4.06. The third kappa shape index (κ3) is 2.42. The molecule has 0 aromatic heterocycles. The summed E-state index contributed by atoms with van der Waals surface area (Å²) in [4.78, 5) is 13.5. The summed E-state index contributed by atoms with van der Waals surface area (Å²) in [6.45, 7) is 2.99. The Morgan fingerprint density at radius 2 is 2.19 bits per heavy atom. The molecule has 1 atom stereocenters. The first-order valence-corrected chi connectivity index (χ1v) is 5.72. The molecule has 1 aromatic carbocycles. The van der Waals surface area contributed by atoms with Crippen molar-refractivity contribution < 1.29 is 9.53 Å². The number of benzene rings is 1. The zero-order chi connectivity index (χ0) is 11.4. The maximum atomic E-state index is 11.7.